The van der Waals surface area contributed by atoms with E-state index in [-0.39, 0.29) is 0 Å². The first kappa shape index (κ1) is 10.8. The van der Waals surface area contributed by atoms with Crippen molar-refractivity contribution < 1.29 is 0 Å². The van der Waals surface area contributed by atoms with Gasteiger partial charge in [-0.1, -0.05) is 12.1 Å². The van der Waals surface area contributed by atoms with Crippen LogP contribution in [0.25, 0.3) is 17.0 Å². The summed E-state index contributed by atoms with van der Waals surface area (Å²) in [6.45, 7) is 4.03. The Labute approximate surface area is 105 Å². The molecule has 0 unspecified atom stereocenters. The van der Waals surface area contributed by atoms with Crippen LogP contribution >= 0.6 is 0 Å². The number of nitrogens with two attached hydrogens (primary N) is 1. The molecule has 0 bridgehead atoms. The Morgan fingerprint density at radius 3 is 2.67 bits per heavy atom. The van der Waals surface area contributed by atoms with Crippen molar-refractivity contribution in [3.8, 4) is 11.4 Å². The lowest BCUT2D eigenvalue weighted by Crippen LogP contribution is -1.95. The molecule has 0 spiro atoms. The van der Waals surface area contributed by atoms with Gasteiger partial charge in [0.05, 0.1) is 5.69 Å². The number of aryl methyl sites for hydroxylation is 2. The van der Waals surface area contributed by atoms with Crippen molar-refractivity contribution in [2.45, 2.75) is 13.8 Å². The van der Waals surface area contributed by atoms with Crippen LogP contribution in [0.2, 0.25) is 0 Å². The molecular formula is C14H14N4. The van der Waals surface area contributed by atoms with E-state index in [2.05, 4.69) is 9.97 Å². The third-order valence-corrected chi connectivity index (χ3v) is 3.04. The number of rotatable bonds is 1. The average Bonchev–Trinajstić information content (AvgIpc) is 2.70. The van der Waals surface area contributed by atoms with Gasteiger partial charge in [-0.05, 0) is 37.1 Å². The zero-order valence-electron chi connectivity index (χ0n) is 10.4. The van der Waals surface area contributed by atoms with E-state index in [0.717, 1.165) is 28.2 Å². The molecule has 0 fully saturated rings. The first-order valence-corrected chi connectivity index (χ1v) is 5.83. The Bertz CT molecular complexity index is 710. The van der Waals surface area contributed by atoms with Gasteiger partial charge in [-0.15, -0.1) is 0 Å². The number of hydrogen-bond donors (Lipinski definition) is 1. The molecule has 4 nitrogen and oxygen atoms in total. The second-order valence-electron chi connectivity index (χ2n) is 4.45. The Hall–Kier alpha value is -2.36. The van der Waals surface area contributed by atoms with Crippen molar-refractivity contribution in [1.29, 1.82) is 0 Å². The van der Waals surface area contributed by atoms with Gasteiger partial charge in [0, 0.05) is 12.4 Å². The molecule has 3 rings (SSSR count). The third-order valence-electron chi connectivity index (χ3n) is 3.04. The summed E-state index contributed by atoms with van der Waals surface area (Å²) in [5.41, 5.74) is 10.8. The van der Waals surface area contributed by atoms with E-state index < -0.39 is 0 Å². The number of nitrogens with zero attached hydrogens (tertiary/aromatic N) is 3. The Morgan fingerprint density at radius 2 is 2.00 bits per heavy atom. The number of fused-ring (bicyclic) bond motifs is 1. The van der Waals surface area contributed by atoms with E-state index in [9.17, 15) is 0 Å². The maximum atomic E-state index is 6.14. The molecule has 2 N–H and O–H groups in total. The van der Waals surface area contributed by atoms with Gasteiger partial charge in [-0.3, -0.25) is 9.38 Å². The van der Waals surface area contributed by atoms with Gasteiger partial charge >= 0.3 is 0 Å². The SMILES string of the molecule is Cc1ccc(-c2nc3c(C)cccn3c2N)nc1. The zero-order chi connectivity index (χ0) is 12.7. The summed E-state index contributed by atoms with van der Waals surface area (Å²) in [4.78, 5) is 8.97. The summed E-state index contributed by atoms with van der Waals surface area (Å²) in [6.07, 6.45) is 3.74. The lowest BCUT2D eigenvalue weighted by molar-refractivity contribution is 1.17. The second kappa shape index (κ2) is 3.84. The van der Waals surface area contributed by atoms with E-state index in [1.807, 2.05) is 54.9 Å². The molecule has 3 heterocycles. The van der Waals surface area contributed by atoms with Crippen molar-refractivity contribution in [3.05, 3.63) is 47.8 Å². The molecule has 0 saturated carbocycles. The zero-order valence-corrected chi connectivity index (χ0v) is 10.4. The maximum absolute atomic E-state index is 6.14. The number of imidazole rings is 1. The van der Waals surface area contributed by atoms with Gasteiger partial charge < -0.3 is 5.73 Å². The monoisotopic (exact) mass is 238 g/mol. The smallest absolute Gasteiger partial charge is 0.142 e. The van der Waals surface area contributed by atoms with Crippen LogP contribution < -0.4 is 5.73 Å². The van der Waals surface area contributed by atoms with Gasteiger partial charge in [-0.25, -0.2) is 4.98 Å². The van der Waals surface area contributed by atoms with Crippen molar-refractivity contribution >= 4 is 11.5 Å². The predicted molar refractivity (Wildman–Crippen MR) is 72.3 cm³/mol. The van der Waals surface area contributed by atoms with Crippen molar-refractivity contribution in [1.82, 2.24) is 14.4 Å². The molecule has 0 saturated heterocycles. The molecule has 0 aromatic carbocycles. The lowest BCUT2D eigenvalue weighted by Gasteiger charge is -1.99. The van der Waals surface area contributed by atoms with E-state index in [4.69, 9.17) is 5.73 Å². The minimum atomic E-state index is 0.630. The van der Waals surface area contributed by atoms with Crippen molar-refractivity contribution in [3.63, 3.8) is 0 Å². The standard InChI is InChI=1S/C14H14N4/c1-9-5-6-11(16-8-9)12-13(15)18-7-3-4-10(2)14(18)17-12/h3-8H,15H2,1-2H3. The normalized spacial score (nSPS) is 11.0. The molecule has 0 atom stereocenters. The highest BCUT2D eigenvalue weighted by Gasteiger charge is 2.12. The molecule has 0 radical (unpaired) electrons. The molecule has 0 aliphatic carbocycles. The highest BCUT2D eigenvalue weighted by Crippen LogP contribution is 2.25. The van der Waals surface area contributed by atoms with Crippen LogP contribution in [-0.4, -0.2) is 14.4 Å². The van der Waals surface area contributed by atoms with E-state index in [1.54, 1.807) is 0 Å². The Morgan fingerprint density at radius 1 is 1.17 bits per heavy atom. The Balaban J connectivity index is 2.27. The molecule has 0 aliphatic rings. The van der Waals surface area contributed by atoms with Crippen LogP contribution in [0.1, 0.15) is 11.1 Å². The number of nitrogen functional groups attached to an aromatic ring is 1. The van der Waals surface area contributed by atoms with Gasteiger partial charge in [-0.2, -0.15) is 0 Å². The summed E-state index contributed by atoms with van der Waals surface area (Å²) in [6, 6.07) is 7.95. The van der Waals surface area contributed by atoms with Crippen LogP contribution in [0, 0.1) is 13.8 Å². The summed E-state index contributed by atoms with van der Waals surface area (Å²) in [5, 5.41) is 0. The molecule has 0 amide bonds. The molecule has 0 aliphatic heterocycles. The summed E-state index contributed by atoms with van der Waals surface area (Å²) in [5.74, 6) is 0.630. The highest BCUT2D eigenvalue weighted by molar-refractivity contribution is 5.73. The van der Waals surface area contributed by atoms with Crippen LogP contribution in [0.5, 0.6) is 0 Å². The first-order valence-electron chi connectivity index (χ1n) is 5.83. The fraction of sp³-hybridized carbons (Fsp3) is 0.143. The lowest BCUT2D eigenvalue weighted by atomic mass is 10.2. The molecule has 3 aromatic heterocycles. The van der Waals surface area contributed by atoms with E-state index in [1.165, 1.54) is 0 Å². The highest BCUT2D eigenvalue weighted by atomic mass is 15.1. The maximum Gasteiger partial charge on any atom is 0.142 e. The Kier molecular flexibility index (Phi) is 2.30. The number of aromatic nitrogens is 3. The minimum Gasteiger partial charge on any atom is -0.383 e. The van der Waals surface area contributed by atoms with Gasteiger partial charge in [0.15, 0.2) is 0 Å². The largest absolute Gasteiger partial charge is 0.383 e. The topological polar surface area (TPSA) is 56.2 Å². The molecular weight excluding hydrogens is 224 g/mol. The molecule has 3 aromatic rings. The predicted octanol–water partition coefficient (Wildman–Crippen LogP) is 2.60. The molecule has 90 valence electrons. The molecule has 18 heavy (non-hydrogen) atoms. The van der Waals surface area contributed by atoms with Crippen molar-refractivity contribution in [2.24, 2.45) is 0 Å². The summed E-state index contributed by atoms with van der Waals surface area (Å²) in [7, 11) is 0. The first-order chi connectivity index (χ1) is 8.66. The fourth-order valence-electron chi connectivity index (χ4n) is 2.02. The minimum absolute atomic E-state index is 0.630. The van der Waals surface area contributed by atoms with Gasteiger partial charge in [0.2, 0.25) is 0 Å². The van der Waals surface area contributed by atoms with E-state index >= 15 is 0 Å². The van der Waals surface area contributed by atoms with E-state index in [0.29, 0.717) is 5.82 Å². The average molecular weight is 238 g/mol. The van der Waals surface area contributed by atoms with Gasteiger partial charge in [0.1, 0.15) is 17.2 Å². The number of pyridine rings is 2. The number of hydrogen-bond acceptors (Lipinski definition) is 3. The number of anilines is 1. The van der Waals surface area contributed by atoms with Crippen LogP contribution in [-0.2, 0) is 0 Å². The van der Waals surface area contributed by atoms with Crippen LogP contribution in [0.4, 0.5) is 5.82 Å². The second-order valence-corrected chi connectivity index (χ2v) is 4.45. The quantitative estimate of drug-likeness (QED) is 0.709. The fourth-order valence-corrected chi connectivity index (χ4v) is 2.02. The van der Waals surface area contributed by atoms with Crippen LogP contribution in [0.3, 0.4) is 0 Å². The third kappa shape index (κ3) is 1.54. The van der Waals surface area contributed by atoms with Crippen LogP contribution in [0.15, 0.2) is 36.7 Å². The summed E-state index contributed by atoms with van der Waals surface area (Å²) >= 11 is 0. The summed E-state index contributed by atoms with van der Waals surface area (Å²) < 4.78 is 1.90. The van der Waals surface area contributed by atoms with Crippen molar-refractivity contribution in [2.75, 3.05) is 5.73 Å². The molecule has 4 heteroatoms. The van der Waals surface area contributed by atoms with Gasteiger partial charge in [0.25, 0.3) is 0 Å².